The number of hydrogen-bond donors (Lipinski definition) is 1. The number of piperidine rings is 1. The first kappa shape index (κ1) is 19.3. The molecule has 3 aromatic heterocycles. The summed E-state index contributed by atoms with van der Waals surface area (Å²) in [6, 6.07) is 9.95. The van der Waals surface area contributed by atoms with E-state index in [1.54, 1.807) is 30.5 Å². The smallest absolute Gasteiger partial charge is 0.230 e. The zero-order valence-electron chi connectivity index (χ0n) is 16.8. The molecule has 0 amide bonds. The third-order valence-corrected chi connectivity index (χ3v) is 6.72. The molecule has 0 aliphatic carbocycles. The molecule has 30 heavy (non-hydrogen) atoms. The minimum Gasteiger partial charge on any atom is -0.492 e. The molecule has 3 unspecified atom stereocenters. The van der Waals surface area contributed by atoms with Gasteiger partial charge < -0.3 is 9.52 Å². The van der Waals surface area contributed by atoms with Crippen LogP contribution in [0.3, 0.4) is 0 Å². The molecule has 5 rings (SSSR count). The number of fused-ring (bicyclic) bond motifs is 1. The lowest BCUT2D eigenvalue weighted by atomic mass is 9.89. The maximum absolute atomic E-state index is 14.9. The molecular weight excluding hydrogens is 403 g/mol. The predicted molar refractivity (Wildman–Crippen MR) is 113 cm³/mol. The molecule has 4 aromatic rings. The van der Waals surface area contributed by atoms with Crippen LogP contribution in [0.15, 0.2) is 47.1 Å². The van der Waals surface area contributed by atoms with E-state index in [0.29, 0.717) is 38.8 Å². The summed E-state index contributed by atoms with van der Waals surface area (Å²) in [5.41, 5.74) is 0.560. The third kappa shape index (κ3) is 3.30. The molecule has 6 nitrogen and oxygen atoms in total. The second-order valence-electron chi connectivity index (χ2n) is 8.22. The van der Waals surface area contributed by atoms with Crippen LogP contribution in [-0.2, 0) is 0 Å². The van der Waals surface area contributed by atoms with Crippen LogP contribution >= 0.6 is 11.3 Å². The molecule has 4 heterocycles. The number of rotatable bonds is 4. The standard InChI is InChI=1S/C22H23FN4O2S/c1-13-10-14(2)12-26(11-13)18(15-6-3-4-7-16(15)23)19-21(28)27-22(30-19)24-20(25-27)17-8-5-9-29-17/h3-9,13-14,18,28H,10-12H2,1-2H3. The van der Waals surface area contributed by atoms with E-state index in [1.165, 1.54) is 21.9 Å². The summed E-state index contributed by atoms with van der Waals surface area (Å²) in [6.45, 7) is 6.13. The molecule has 0 bridgehead atoms. The quantitative estimate of drug-likeness (QED) is 0.499. The second-order valence-corrected chi connectivity index (χ2v) is 9.23. The van der Waals surface area contributed by atoms with Crippen LogP contribution in [0.4, 0.5) is 4.39 Å². The SMILES string of the molecule is CC1CC(C)CN(C(c2ccccc2F)c2sc3nc(-c4ccco4)nn3c2O)C1. The number of benzene rings is 1. The monoisotopic (exact) mass is 426 g/mol. The summed E-state index contributed by atoms with van der Waals surface area (Å²) >= 11 is 1.34. The van der Waals surface area contributed by atoms with Crippen molar-refractivity contribution in [1.82, 2.24) is 19.5 Å². The van der Waals surface area contributed by atoms with Gasteiger partial charge in [-0.15, -0.1) is 5.10 Å². The predicted octanol–water partition coefficient (Wildman–Crippen LogP) is 4.96. The largest absolute Gasteiger partial charge is 0.492 e. The minimum atomic E-state index is -0.392. The van der Waals surface area contributed by atoms with Crippen molar-refractivity contribution >= 4 is 16.3 Å². The van der Waals surface area contributed by atoms with Gasteiger partial charge in [0.25, 0.3) is 0 Å². The Labute approximate surface area is 177 Å². The average molecular weight is 427 g/mol. The number of furan rings is 1. The molecule has 1 saturated heterocycles. The Morgan fingerprint density at radius 1 is 1.17 bits per heavy atom. The number of hydrogen-bond acceptors (Lipinski definition) is 6. The van der Waals surface area contributed by atoms with Gasteiger partial charge in [0.2, 0.25) is 16.7 Å². The molecular formula is C22H23FN4O2S. The van der Waals surface area contributed by atoms with E-state index in [1.807, 2.05) is 6.07 Å². The highest BCUT2D eigenvalue weighted by Crippen LogP contribution is 2.43. The van der Waals surface area contributed by atoms with E-state index in [0.717, 1.165) is 19.5 Å². The Kier molecular flexibility index (Phi) is 4.83. The van der Waals surface area contributed by atoms with E-state index in [2.05, 4.69) is 28.8 Å². The van der Waals surface area contributed by atoms with E-state index in [9.17, 15) is 9.50 Å². The summed E-state index contributed by atoms with van der Waals surface area (Å²) < 4.78 is 21.7. The molecule has 156 valence electrons. The highest BCUT2D eigenvalue weighted by Gasteiger charge is 2.35. The van der Waals surface area contributed by atoms with Gasteiger partial charge in [0.05, 0.1) is 17.2 Å². The van der Waals surface area contributed by atoms with Gasteiger partial charge in [0.1, 0.15) is 5.82 Å². The Hall–Kier alpha value is -2.71. The number of aromatic nitrogens is 3. The topological polar surface area (TPSA) is 66.8 Å². The van der Waals surface area contributed by atoms with Crippen LogP contribution in [0.2, 0.25) is 0 Å². The molecule has 1 aliphatic heterocycles. The first-order valence-electron chi connectivity index (χ1n) is 10.1. The maximum atomic E-state index is 14.9. The minimum absolute atomic E-state index is 0.000520. The van der Waals surface area contributed by atoms with Crippen LogP contribution in [-0.4, -0.2) is 37.7 Å². The first-order chi connectivity index (χ1) is 14.5. The Morgan fingerprint density at radius 2 is 1.93 bits per heavy atom. The van der Waals surface area contributed by atoms with Crippen molar-refractivity contribution in [2.45, 2.75) is 26.3 Å². The van der Waals surface area contributed by atoms with Crippen molar-refractivity contribution < 1.29 is 13.9 Å². The molecule has 0 saturated carbocycles. The zero-order valence-corrected chi connectivity index (χ0v) is 17.6. The summed E-state index contributed by atoms with van der Waals surface area (Å²) in [6.07, 6.45) is 2.71. The Morgan fingerprint density at radius 3 is 2.60 bits per heavy atom. The molecule has 3 atom stereocenters. The lowest BCUT2D eigenvalue weighted by Gasteiger charge is -2.40. The van der Waals surface area contributed by atoms with Gasteiger partial charge in [-0.25, -0.2) is 4.39 Å². The lowest BCUT2D eigenvalue weighted by Crippen LogP contribution is -2.41. The van der Waals surface area contributed by atoms with Gasteiger partial charge in [0.15, 0.2) is 5.76 Å². The normalized spacial score (nSPS) is 21.3. The third-order valence-electron chi connectivity index (χ3n) is 5.65. The fourth-order valence-corrected chi connectivity index (χ4v) is 5.67. The van der Waals surface area contributed by atoms with Crippen molar-refractivity contribution in [3.8, 4) is 17.5 Å². The van der Waals surface area contributed by atoms with Gasteiger partial charge in [-0.05, 0) is 36.5 Å². The summed E-state index contributed by atoms with van der Waals surface area (Å²) in [4.78, 5) is 7.99. The Balaban J connectivity index is 1.62. The number of aromatic hydroxyl groups is 1. The molecule has 1 aromatic carbocycles. The van der Waals surface area contributed by atoms with Crippen LogP contribution in [0.25, 0.3) is 16.5 Å². The molecule has 8 heteroatoms. The van der Waals surface area contributed by atoms with Crippen molar-refractivity contribution in [1.29, 1.82) is 0 Å². The molecule has 1 aliphatic rings. The zero-order chi connectivity index (χ0) is 20.8. The first-order valence-corrected chi connectivity index (χ1v) is 10.9. The van der Waals surface area contributed by atoms with Crippen LogP contribution in [0.1, 0.15) is 36.8 Å². The molecule has 0 spiro atoms. The van der Waals surface area contributed by atoms with Gasteiger partial charge in [-0.1, -0.05) is 43.4 Å². The number of nitrogens with zero attached hydrogens (tertiary/aromatic N) is 4. The van der Waals surface area contributed by atoms with E-state index in [4.69, 9.17) is 4.42 Å². The van der Waals surface area contributed by atoms with E-state index >= 15 is 0 Å². The van der Waals surface area contributed by atoms with Crippen LogP contribution < -0.4 is 0 Å². The molecule has 0 radical (unpaired) electrons. The van der Waals surface area contributed by atoms with Gasteiger partial charge in [-0.2, -0.15) is 9.50 Å². The maximum Gasteiger partial charge on any atom is 0.230 e. The summed E-state index contributed by atoms with van der Waals surface area (Å²) in [7, 11) is 0. The number of likely N-dealkylation sites (tertiary alicyclic amines) is 1. The van der Waals surface area contributed by atoms with Crippen LogP contribution in [0, 0.1) is 17.7 Å². The highest BCUT2D eigenvalue weighted by molar-refractivity contribution is 7.17. The van der Waals surface area contributed by atoms with Crippen molar-refractivity contribution in [3.63, 3.8) is 0 Å². The number of halogens is 1. The Bertz CT molecular complexity index is 1160. The van der Waals surface area contributed by atoms with E-state index in [-0.39, 0.29) is 11.7 Å². The fourth-order valence-electron chi connectivity index (χ4n) is 4.56. The number of thiazole rings is 1. The van der Waals surface area contributed by atoms with Gasteiger partial charge >= 0.3 is 0 Å². The highest BCUT2D eigenvalue weighted by atomic mass is 32.1. The van der Waals surface area contributed by atoms with Crippen molar-refractivity contribution in [2.24, 2.45) is 11.8 Å². The summed E-state index contributed by atoms with van der Waals surface area (Å²) in [5.74, 6) is 1.67. The lowest BCUT2D eigenvalue weighted by molar-refractivity contribution is 0.110. The summed E-state index contributed by atoms with van der Waals surface area (Å²) in [5, 5.41) is 15.5. The molecule has 1 N–H and O–H groups in total. The van der Waals surface area contributed by atoms with Crippen molar-refractivity contribution in [2.75, 3.05) is 13.1 Å². The second kappa shape index (κ2) is 7.52. The van der Waals surface area contributed by atoms with Crippen molar-refractivity contribution in [3.05, 3.63) is 58.9 Å². The fraction of sp³-hybridized carbons (Fsp3) is 0.364. The van der Waals surface area contributed by atoms with E-state index < -0.39 is 6.04 Å². The average Bonchev–Trinajstić information content (AvgIpc) is 3.42. The molecule has 1 fully saturated rings. The van der Waals surface area contributed by atoms with Gasteiger partial charge in [0, 0.05) is 18.7 Å². The van der Waals surface area contributed by atoms with Crippen LogP contribution in [0.5, 0.6) is 5.88 Å². The van der Waals surface area contributed by atoms with Gasteiger partial charge in [-0.3, -0.25) is 4.90 Å².